The van der Waals surface area contributed by atoms with E-state index in [1.807, 2.05) is 0 Å². The summed E-state index contributed by atoms with van der Waals surface area (Å²) in [5.41, 5.74) is 0.487. The number of carbonyl (C=O) groups excluding carboxylic acids is 1. The Morgan fingerprint density at radius 3 is 2.86 bits per heavy atom. The number of fused-ring (bicyclic) bond motifs is 1. The first-order chi connectivity index (χ1) is 6.76. The van der Waals surface area contributed by atoms with Crippen LogP contribution in [0.15, 0.2) is 18.2 Å². The molecule has 0 radical (unpaired) electrons. The van der Waals surface area contributed by atoms with E-state index in [1.54, 1.807) is 12.1 Å². The van der Waals surface area contributed by atoms with Crippen LogP contribution in [0.4, 0.5) is 0 Å². The lowest BCUT2D eigenvalue weighted by Crippen LogP contribution is -1.83. The number of rotatable bonds is 2. The van der Waals surface area contributed by atoms with E-state index >= 15 is 0 Å². The van der Waals surface area contributed by atoms with Gasteiger partial charge in [0.25, 0.3) is 0 Å². The predicted molar refractivity (Wildman–Crippen MR) is 54.8 cm³/mol. The summed E-state index contributed by atoms with van der Waals surface area (Å²) >= 11 is 1.27. The number of hydrogen-bond acceptors (Lipinski definition) is 4. The van der Waals surface area contributed by atoms with Crippen LogP contribution in [0.2, 0.25) is 0 Å². The van der Waals surface area contributed by atoms with Crippen molar-refractivity contribution >= 4 is 27.7 Å². The molecule has 0 saturated heterocycles. The van der Waals surface area contributed by atoms with Gasteiger partial charge in [0.15, 0.2) is 6.29 Å². The molecule has 1 heterocycles. The number of thiophene rings is 1. The van der Waals surface area contributed by atoms with Crippen LogP contribution in [0.5, 0.6) is 5.75 Å². The van der Waals surface area contributed by atoms with Gasteiger partial charge in [-0.15, -0.1) is 11.3 Å². The highest BCUT2D eigenvalue weighted by molar-refractivity contribution is 7.20. The second-order valence-electron chi connectivity index (χ2n) is 2.91. The molecule has 0 atom stereocenters. The molecule has 2 rings (SSSR count). The van der Waals surface area contributed by atoms with Gasteiger partial charge in [-0.25, -0.2) is 0 Å². The molecule has 0 amide bonds. The van der Waals surface area contributed by atoms with Crippen LogP contribution in [0.1, 0.15) is 15.2 Å². The summed E-state index contributed by atoms with van der Waals surface area (Å²) in [5, 5.41) is 19.4. The molecule has 0 fully saturated rings. The van der Waals surface area contributed by atoms with Gasteiger partial charge in [0.1, 0.15) is 5.75 Å². The molecule has 2 N–H and O–H groups in total. The van der Waals surface area contributed by atoms with Crippen molar-refractivity contribution in [2.45, 2.75) is 6.61 Å². The maximum atomic E-state index is 10.5. The van der Waals surface area contributed by atoms with Gasteiger partial charge in [-0.3, -0.25) is 4.79 Å². The van der Waals surface area contributed by atoms with Crippen molar-refractivity contribution < 1.29 is 15.0 Å². The first kappa shape index (κ1) is 9.18. The minimum atomic E-state index is -0.220. The smallest absolute Gasteiger partial charge is 0.160 e. The van der Waals surface area contributed by atoms with E-state index in [-0.39, 0.29) is 12.4 Å². The molecule has 0 bridgehead atoms. The van der Waals surface area contributed by atoms with E-state index in [4.69, 9.17) is 5.11 Å². The molecule has 3 nitrogen and oxygen atoms in total. The van der Waals surface area contributed by atoms with E-state index in [0.717, 1.165) is 16.4 Å². The Morgan fingerprint density at radius 1 is 1.43 bits per heavy atom. The summed E-state index contributed by atoms with van der Waals surface area (Å²) in [6, 6.07) is 4.99. The van der Waals surface area contributed by atoms with Crippen LogP contribution in [0.3, 0.4) is 0 Å². The normalized spacial score (nSPS) is 10.6. The van der Waals surface area contributed by atoms with Crippen LogP contribution in [-0.4, -0.2) is 16.5 Å². The number of carbonyl (C=O) groups is 1. The highest BCUT2D eigenvalue weighted by atomic mass is 32.1. The Kier molecular flexibility index (Phi) is 2.23. The van der Waals surface area contributed by atoms with Crippen LogP contribution < -0.4 is 0 Å². The summed E-state index contributed by atoms with van der Waals surface area (Å²) in [7, 11) is 0. The van der Waals surface area contributed by atoms with E-state index in [1.165, 1.54) is 17.4 Å². The molecule has 0 spiro atoms. The lowest BCUT2D eigenvalue weighted by Gasteiger charge is -2.01. The minimum absolute atomic E-state index is 0.0688. The van der Waals surface area contributed by atoms with E-state index < -0.39 is 0 Å². The molecule has 0 saturated carbocycles. The van der Waals surface area contributed by atoms with E-state index in [9.17, 15) is 9.90 Å². The zero-order valence-corrected chi connectivity index (χ0v) is 8.04. The van der Waals surface area contributed by atoms with Gasteiger partial charge in [0.2, 0.25) is 0 Å². The van der Waals surface area contributed by atoms with Crippen LogP contribution >= 0.6 is 11.3 Å². The van der Waals surface area contributed by atoms with Gasteiger partial charge in [-0.05, 0) is 23.6 Å². The van der Waals surface area contributed by atoms with Gasteiger partial charge in [-0.2, -0.15) is 0 Å². The fourth-order valence-electron chi connectivity index (χ4n) is 1.38. The third kappa shape index (κ3) is 1.29. The molecule has 14 heavy (non-hydrogen) atoms. The van der Waals surface area contributed by atoms with Crippen molar-refractivity contribution in [3.8, 4) is 5.75 Å². The molecule has 0 aliphatic carbocycles. The van der Waals surface area contributed by atoms with Crippen LogP contribution in [0, 0.1) is 0 Å². The number of phenols is 1. The minimum Gasteiger partial charge on any atom is -0.508 e. The standard InChI is InChI=1S/C10H8O3S/c11-4-7-3-6-1-2-9(13)8(5-12)10(6)14-7/h1-4,12-13H,5H2. The molecule has 1 aromatic heterocycles. The Bertz CT molecular complexity index is 487. The third-order valence-electron chi connectivity index (χ3n) is 2.06. The van der Waals surface area contributed by atoms with Crippen molar-refractivity contribution in [3.05, 3.63) is 28.6 Å². The number of hydrogen-bond donors (Lipinski definition) is 2. The lowest BCUT2D eigenvalue weighted by molar-refractivity contribution is 0.112. The number of aliphatic hydroxyl groups excluding tert-OH is 1. The van der Waals surface area contributed by atoms with Gasteiger partial charge in [-0.1, -0.05) is 0 Å². The molecule has 72 valence electrons. The summed E-state index contributed by atoms with van der Waals surface area (Å²) in [6.07, 6.45) is 0.767. The first-order valence-corrected chi connectivity index (χ1v) is 4.88. The topological polar surface area (TPSA) is 57.5 Å². The first-order valence-electron chi connectivity index (χ1n) is 4.06. The van der Waals surface area contributed by atoms with E-state index in [2.05, 4.69) is 0 Å². The maximum absolute atomic E-state index is 10.5. The van der Waals surface area contributed by atoms with Gasteiger partial charge < -0.3 is 10.2 Å². The SMILES string of the molecule is O=Cc1cc2ccc(O)c(CO)c2s1. The fraction of sp³-hybridized carbons (Fsp3) is 0.100. The average Bonchev–Trinajstić information content (AvgIpc) is 2.60. The summed E-state index contributed by atoms with van der Waals surface area (Å²) in [4.78, 5) is 11.1. The average molecular weight is 208 g/mol. The summed E-state index contributed by atoms with van der Waals surface area (Å²) in [5.74, 6) is 0.0688. The van der Waals surface area contributed by atoms with Crippen molar-refractivity contribution in [1.82, 2.24) is 0 Å². The molecule has 0 aliphatic heterocycles. The maximum Gasteiger partial charge on any atom is 0.160 e. The zero-order chi connectivity index (χ0) is 10.1. The highest BCUT2D eigenvalue weighted by Crippen LogP contribution is 2.33. The predicted octanol–water partition coefficient (Wildman–Crippen LogP) is 1.91. The van der Waals surface area contributed by atoms with E-state index in [0.29, 0.717) is 10.4 Å². The van der Waals surface area contributed by atoms with Crippen molar-refractivity contribution in [2.75, 3.05) is 0 Å². The fourth-order valence-corrected chi connectivity index (χ4v) is 2.39. The Morgan fingerprint density at radius 2 is 2.21 bits per heavy atom. The van der Waals surface area contributed by atoms with Crippen LogP contribution in [-0.2, 0) is 6.61 Å². The second-order valence-corrected chi connectivity index (χ2v) is 3.99. The third-order valence-corrected chi connectivity index (χ3v) is 3.19. The molecule has 2 aromatic rings. The second kappa shape index (κ2) is 3.40. The van der Waals surface area contributed by atoms with Crippen molar-refractivity contribution in [3.63, 3.8) is 0 Å². The number of benzene rings is 1. The number of aliphatic hydroxyl groups is 1. The van der Waals surface area contributed by atoms with Crippen LogP contribution in [0.25, 0.3) is 10.1 Å². The van der Waals surface area contributed by atoms with Gasteiger partial charge >= 0.3 is 0 Å². The number of aromatic hydroxyl groups is 1. The van der Waals surface area contributed by atoms with Crippen molar-refractivity contribution in [2.24, 2.45) is 0 Å². The van der Waals surface area contributed by atoms with Gasteiger partial charge in [0.05, 0.1) is 11.5 Å². The molecular formula is C10H8O3S. The Hall–Kier alpha value is -1.39. The summed E-state index contributed by atoms with van der Waals surface area (Å²) in [6.45, 7) is -0.220. The molecule has 0 unspecified atom stereocenters. The highest BCUT2D eigenvalue weighted by Gasteiger charge is 2.09. The molecular weight excluding hydrogens is 200 g/mol. The number of aldehydes is 1. The van der Waals surface area contributed by atoms with Gasteiger partial charge in [0, 0.05) is 10.3 Å². The largest absolute Gasteiger partial charge is 0.508 e. The Balaban J connectivity index is 2.79. The quantitative estimate of drug-likeness (QED) is 0.741. The molecule has 0 aliphatic rings. The molecule has 4 heteroatoms. The lowest BCUT2D eigenvalue weighted by atomic mass is 10.1. The van der Waals surface area contributed by atoms with Crippen molar-refractivity contribution in [1.29, 1.82) is 0 Å². The molecule has 1 aromatic carbocycles. The monoisotopic (exact) mass is 208 g/mol. The summed E-state index contributed by atoms with van der Waals surface area (Å²) < 4.78 is 0.773. The Labute approximate surface area is 84.2 Å². The zero-order valence-electron chi connectivity index (χ0n) is 7.23.